The van der Waals surface area contributed by atoms with Crippen molar-refractivity contribution in [2.75, 3.05) is 26.7 Å². The Bertz CT molecular complexity index is 117. The summed E-state index contributed by atoms with van der Waals surface area (Å²) in [7, 11) is 2.00. The van der Waals surface area contributed by atoms with Crippen LogP contribution in [-0.4, -0.2) is 48.8 Å². The van der Waals surface area contributed by atoms with E-state index in [0.717, 1.165) is 19.6 Å². The zero-order chi connectivity index (χ0) is 8.27. The largest absolute Gasteiger partial charge is 0.392 e. The van der Waals surface area contributed by atoms with E-state index in [1.807, 2.05) is 14.0 Å². The third kappa shape index (κ3) is 2.77. The molecular formula is C8H18N2O. The predicted octanol–water partition coefficient (Wildman–Crippen LogP) is -0.339. The summed E-state index contributed by atoms with van der Waals surface area (Å²) in [4.78, 5) is 2.30. The topological polar surface area (TPSA) is 35.5 Å². The molecule has 0 radical (unpaired) electrons. The Morgan fingerprint density at radius 3 is 2.91 bits per heavy atom. The summed E-state index contributed by atoms with van der Waals surface area (Å²) in [5, 5.41) is 12.4. The average Bonchev–Trinajstić information content (AvgIpc) is 2.34. The first-order valence-corrected chi connectivity index (χ1v) is 4.30. The van der Waals surface area contributed by atoms with Gasteiger partial charge >= 0.3 is 0 Å². The molecule has 1 saturated heterocycles. The van der Waals surface area contributed by atoms with Crippen LogP contribution in [0.15, 0.2) is 0 Å². The first-order valence-electron chi connectivity index (χ1n) is 4.30. The van der Waals surface area contributed by atoms with Crippen LogP contribution in [0.25, 0.3) is 0 Å². The van der Waals surface area contributed by atoms with E-state index in [1.165, 1.54) is 6.42 Å². The van der Waals surface area contributed by atoms with E-state index in [4.69, 9.17) is 5.11 Å². The fourth-order valence-corrected chi connectivity index (χ4v) is 1.61. The van der Waals surface area contributed by atoms with Crippen molar-refractivity contribution in [3.8, 4) is 0 Å². The lowest BCUT2D eigenvalue weighted by Gasteiger charge is -2.17. The van der Waals surface area contributed by atoms with Crippen molar-refractivity contribution in [3.05, 3.63) is 0 Å². The van der Waals surface area contributed by atoms with Crippen molar-refractivity contribution in [2.45, 2.75) is 25.5 Å². The number of hydrogen-bond donors (Lipinski definition) is 2. The Morgan fingerprint density at radius 1 is 1.73 bits per heavy atom. The third-order valence-corrected chi connectivity index (χ3v) is 2.20. The molecule has 1 aliphatic heterocycles. The van der Waals surface area contributed by atoms with E-state index in [9.17, 15) is 0 Å². The summed E-state index contributed by atoms with van der Waals surface area (Å²) in [6.07, 6.45) is 1.02. The molecule has 0 spiro atoms. The van der Waals surface area contributed by atoms with Gasteiger partial charge in [0.15, 0.2) is 0 Å². The number of rotatable bonds is 3. The quantitative estimate of drug-likeness (QED) is 0.590. The SMILES string of the molecule is CNC1CCN(CC(C)O)C1. The van der Waals surface area contributed by atoms with Gasteiger partial charge in [0.05, 0.1) is 6.10 Å². The van der Waals surface area contributed by atoms with Crippen LogP contribution in [-0.2, 0) is 0 Å². The number of aliphatic hydroxyl groups excluding tert-OH is 1. The Kier molecular flexibility index (Phi) is 3.30. The minimum Gasteiger partial charge on any atom is -0.392 e. The highest BCUT2D eigenvalue weighted by Gasteiger charge is 2.21. The Labute approximate surface area is 68.4 Å². The van der Waals surface area contributed by atoms with Crippen LogP contribution in [0.3, 0.4) is 0 Å². The maximum Gasteiger partial charge on any atom is 0.0639 e. The van der Waals surface area contributed by atoms with Crippen molar-refractivity contribution >= 4 is 0 Å². The molecule has 2 N–H and O–H groups in total. The van der Waals surface area contributed by atoms with E-state index in [0.29, 0.717) is 6.04 Å². The van der Waals surface area contributed by atoms with Crippen molar-refractivity contribution in [3.63, 3.8) is 0 Å². The van der Waals surface area contributed by atoms with Gasteiger partial charge in [-0.05, 0) is 26.9 Å². The van der Waals surface area contributed by atoms with Crippen LogP contribution < -0.4 is 5.32 Å². The molecule has 2 atom stereocenters. The van der Waals surface area contributed by atoms with E-state index >= 15 is 0 Å². The number of nitrogens with one attached hydrogen (secondary N) is 1. The molecule has 66 valence electrons. The van der Waals surface area contributed by atoms with Gasteiger partial charge in [0, 0.05) is 19.1 Å². The minimum atomic E-state index is -0.189. The molecule has 2 unspecified atom stereocenters. The maximum absolute atomic E-state index is 9.11. The van der Waals surface area contributed by atoms with E-state index in [2.05, 4.69) is 10.2 Å². The zero-order valence-corrected chi connectivity index (χ0v) is 7.38. The number of likely N-dealkylation sites (N-methyl/N-ethyl adjacent to an activating group) is 1. The summed E-state index contributed by atoms with van der Waals surface area (Å²) < 4.78 is 0. The molecule has 1 aliphatic rings. The lowest BCUT2D eigenvalue weighted by atomic mass is 10.3. The van der Waals surface area contributed by atoms with E-state index < -0.39 is 0 Å². The molecule has 0 aromatic rings. The number of nitrogens with zero attached hydrogens (tertiary/aromatic N) is 1. The van der Waals surface area contributed by atoms with Gasteiger partial charge in [-0.2, -0.15) is 0 Å². The van der Waals surface area contributed by atoms with E-state index in [-0.39, 0.29) is 6.10 Å². The fourth-order valence-electron chi connectivity index (χ4n) is 1.61. The molecule has 0 bridgehead atoms. The summed E-state index contributed by atoms with van der Waals surface area (Å²) >= 11 is 0. The Hall–Kier alpha value is -0.120. The van der Waals surface area contributed by atoms with Gasteiger partial charge in [-0.3, -0.25) is 4.90 Å². The standard InChI is InChI=1S/C8H18N2O/c1-7(11)5-10-4-3-8(6-10)9-2/h7-9,11H,3-6H2,1-2H3. The molecule has 0 aliphatic carbocycles. The highest BCUT2D eigenvalue weighted by atomic mass is 16.3. The molecule has 0 aromatic heterocycles. The summed E-state index contributed by atoms with van der Waals surface area (Å²) in [6, 6.07) is 0.633. The van der Waals surface area contributed by atoms with Gasteiger partial charge in [0.25, 0.3) is 0 Å². The normalized spacial score (nSPS) is 29.2. The van der Waals surface area contributed by atoms with Crippen molar-refractivity contribution in [1.82, 2.24) is 10.2 Å². The molecule has 0 amide bonds. The second-order valence-electron chi connectivity index (χ2n) is 3.38. The highest BCUT2D eigenvalue weighted by molar-refractivity contribution is 4.80. The predicted molar refractivity (Wildman–Crippen MR) is 45.6 cm³/mol. The molecule has 1 heterocycles. The van der Waals surface area contributed by atoms with Crippen LogP contribution in [0.1, 0.15) is 13.3 Å². The third-order valence-electron chi connectivity index (χ3n) is 2.20. The van der Waals surface area contributed by atoms with Crippen LogP contribution >= 0.6 is 0 Å². The van der Waals surface area contributed by atoms with Crippen LogP contribution in [0.2, 0.25) is 0 Å². The molecule has 3 heteroatoms. The van der Waals surface area contributed by atoms with E-state index in [1.54, 1.807) is 0 Å². The molecule has 11 heavy (non-hydrogen) atoms. The fraction of sp³-hybridized carbons (Fsp3) is 1.00. The molecular weight excluding hydrogens is 140 g/mol. The number of β-amino-alcohol motifs (C(OH)–C–C–N with tert-alkyl or cyclic N) is 1. The zero-order valence-electron chi connectivity index (χ0n) is 7.38. The molecule has 1 fully saturated rings. The molecule has 0 saturated carbocycles. The molecule has 1 rings (SSSR count). The highest BCUT2D eigenvalue weighted by Crippen LogP contribution is 2.08. The number of aliphatic hydroxyl groups is 1. The first-order chi connectivity index (χ1) is 5.22. The minimum absolute atomic E-state index is 0.189. The number of likely N-dealkylation sites (tertiary alicyclic amines) is 1. The van der Waals surface area contributed by atoms with Crippen LogP contribution in [0.4, 0.5) is 0 Å². The molecule has 0 aromatic carbocycles. The van der Waals surface area contributed by atoms with Gasteiger partial charge in [-0.1, -0.05) is 0 Å². The van der Waals surface area contributed by atoms with Gasteiger partial charge in [0.1, 0.15) is 0 Å². The van der Waals surface area contributed by atoms with Crippen LogP contribution in [0.5, 0.6) is 0 Å². The lowest BCUT2D eigenvalue weighted by molar-refractivity contribution is 0.140. The van der Waals surface area contributed by atoms with Crippen molar-refractivity contribution < 1.29 is 5.11 Å². The van der Waals surface area contributed by atoms with Crippen molar-refractivity contribution in [1.29, 1.82) is 0 Å². The van der Waals surface area contributed by atoms with Crippen molar-refractivity contribution in [2.24, 2.45) is 0 Å². The Balaban J connectivity index is 2.19. The average molecular weight is 158 g/mol. The maximum atomic E-state index is 9.11. The summed E-state index contributed by atoms with van der Waals surface area (Å²) in [5.74, 6) is 0. The Morgan fingerprint density at radius 2 is 2.45 bits per heavy atom. The monoisotopic (exact) mass is 158 g/mol. The summed E-state index contributed by atoms with van der Waals surface area (Å²) in [6.45, 7) is 4.86. The second kappa shape index (κ2) is 4.04. The summed E-state index contributed by atoms with van der Waals surface area (Å²) in [5.41, 5.74) is 0. The lowest BCUT2D eigenvalue weighted by Crippen LogP contribution is -2.33. The van der Waals surface area contributed by atoms with Gasteiger partial charge in [-0.25, -0.2) is 0 Å². The molecule has 3 nitrogen and oxygen atoms in total. The van der Waals surface area contributed by atoms with Gasteiger partial charge < -0.3 is 10.4 Å². The van der Waals surface area contributed by atoms with Crippen LogP contribution in [0, 0.1) is 0 Å². The van der Waals surface area contributed by atoms with Gasteiger partial charge in [-0.15, -0.1) is 0 Å². The van der Waals surface area contributed by atoms with Gasteiger partial charge in [0.2, 0.25) is 0 Å². The second-order valence-corrected chi connectivity index (χ2v) is 3.38. The first kappa shape index (κ1) is 8.97. The number of hydrogen-bond acceptors (Lipinski definition) is 3. The smallest absolute Gasteiger partial charge is 0.0639 e.